The van der Waals surface area contributed by atoms with Crippen LogP contribution < -0.4 is 0 Å². The van der Waals surface area contributed by atoms with E-state index < -0.39 is 0 Å². The number of ether oxygens (including phenoxy) is 1. The van der Waals surface area contributed by atoms with Gasteiger partial charge in [0.15, 0.2) is 0 Å². The molecule has 0 aliphatic carbocycles. The van der Waals surface area contributed by atoms with Crippen molar-refractivity contribution >= 4 is 11.8 Å². The van der Waals surface area contributed by atoms with Gasteiger partial charge in [0.05, 0.1) is 6.61 Å². The SMILES string of the molecule is CCCCCOCC1CS1. The maximum absolute atomic E-state index is 5.44. The number of rotatable bonds is 6. The molecule has 1 nitrogen and oxygen atoms in total. The van der Waals surface area contributed by atoms with Gasteiger partial charge in [0, 0.05) is 17.6 Å². The van der Waals surface area contributed by atoms with Gasteiger partial charge in [-0.05, 0) is 6.42 Å². The Kier molecular flexibility index (Phi) is 4.23. The van der Waals surface area contributed by atoms with Crippen LogP contribution in [0.1, 0.15) is 26.2 Å². The Hall–Kier alpha value is 0.310. The third kappa shape index (κ3) is 4.18. The molecule has 0 aromatic rings. The molecule has 10 heavy (non-hydrogen) atoms. The van der Waals surface area contributed by atoms with Crippen molar-refractivity contribution in [3.05, 3.63) is 0 Å². The van der Waals surface area contributed by atoms with Crippen LogP contribution in [0.15, 0.2) is 0 Å². The molecule has 1 aliphatic heterocycles. The van der Waals surface area contributed by atoms with Crippen LogP contribution in [0.4, 0.5) is 0 Å². The summed E-state index contributed by atoms with van der Waals surface area (Å²) in [6, 6.07) is 0. The van der Waals surface area contributed by atoms with Crippen LogP contribution in [-0.4, -0.2) is 24.2 Å². The molecule has 2 heteroatoms. The smallest absolute Gasteiger partial charge is 0.0593 e. The Labute approximate surface area is 67.5 Å². The van der Waals surface area contributed by atoms with Crippen molar-refractivity contribution in [3.8, 4) is 0 Å². The topological polar surface area (TPSA) is 9.23 Å². The van der Waals surface area contributed by atoms with E-state index in [1.54, 1.807) is 0 Å². The molecule has 0 spiro atoms. The minimum absolute atomic E-state index is 0.849. The summed E-state index contributed by atoms with van der Waals surface area (Å²) in [5, 5.41) is 0.849. The first-order valence-corrected chi connectivity index (χ1v) is 5.17. The highest BCUT2D eigenvalue weighted by molar-refractivity contribution is 8.06. The van der Waals surface area contributed by atoms with Crippen LogP contribution in [0.3, 0.4) is 0 Å². The molecule has 0 aromatic heterocycles. The molecule has 1 unspecified atom stereocenters. The highest BCUT2D eigenvalue weighted by atomic mass is 32.2. The van der Waals surface area contributed by atoms with Crippen LogP contribution in [-0.2, 0) is 4.74 Å². The van der Waals surface area contributed by atoms with E-state index in [9.17, 15) is 0 Å². The summed E-state index contributed by atoms with van der Waals surface area (Å²) < 4.78 is 5.44. The zero-order valence-electron chi connectivity index (χ0n) is 6.64. The predicted molar refractivity (Wildman–Crippen MR) is 46.6 cm³/mol. The third-order valence-corrected chi connectivity index (χ3v) is 2.54. The Bertz CT molecular complexity index is 81.3. The van der Waals surface area contributed by atoms with E-state index in [1.807, 2.05) is 11.8 Å². The fraction of sp³-hybridized carbons (Fsp3) is 1.00. The van der Waals surface area contributed by atoms with E-state index in [0.29, 0.717) is 0 Å². The van der Waals surface area contributed by atoms with Gasteiger partial charge in [0.25, 0.3) is 0 Å². The van der Waals surface area contributed by atoms with Gasteiger partial charge >= 0.3 is 0 Å². The maximum Gasteiger partial charge on any atom is 0.0593 e. The summed E-state index contributed by atoms with van der Waals surface area (Å²) in [7, 11) is 0. The van der Waals surface area contributed by atoms with Gasteiger partial charge in [-0.3, -0.25) is 0 Å². The lowest BCUT2D eigenvalue weighted by molar-refractivity contribution is 0.138. The molecule has 1 atom stereocenters. The first-order chi connectivity index (χ1) is 4.93. The van der Waals surface area contributed by atoms with E-state index in [2.05, 4.69) is 6.92 Å². The number of hydrogen-bond donors (Lipinski definition) is 0. The van der Waals surface area contributed by atoms with Crippen molar-refractivity contribution in [2.75, 3.05) is 19.0 Å². The molecule has 0 saturated carbocycles. The van der Waals surface area contributed by atoms with E-state index in [-0.39, 0.29) is 0 Å². The predicted octanol–water partition coefficient (Wildman–Crippen LogP) is 2.31. The van der Waals surface area contributed by atoms with Crippen molar-refractivity contribution in [3.63, 3.8) is 0 Å². The standard InChI is InChI=1S/C8H16OS/c1-2-3-4-5-9-6-8-7-10-8/h8H,2-7H2,1H3. The first kappa shape index (κ1) is 8.41. The minimum atomic E-state index is 0.849. The summed E-state index contributed by atoms with van der Waals surface area (Å²) >= 11 is 2.01. The average molecular weight is 160 g/mol. The summed E-state index contributed by atoms with van der Waals surface area (Å²) in [5.41, 5.74) is 0. The molecule has 0 amide bonds. The van der Waals surface area contributed by atoms with Gasteiger partial charge in [-0.25, -0.2) is 0 Å². The van der Waals surface area contributed by atoms with E-state index in [0.717, 1.165) is 18.5 Å². The first-order valence-electron chi connectivity index (χ1n) is 4.13. The lowest BCUT2D eigenvalue weighted by Crippen LogP contribution is -2.01. The second-order valence-corrected chi connectivity index (χ2v) is 4.07. The molecule has 1 aliphatic rings. The molecule has 0 bridgehead atoms. The highest BCUT2D eigenvalue weighted by Crippen LogP contribution is 2.29. The molecule has 0 radical (unpaired) electrons. The second kappa shape index (κ2) is 5.03. The quantitative estimate of drug-likeness (QED) is 0.435. The van der Waals surface area contributed by atoms with Crippen LogP contribution >= 0.6 is 11.8 Å². The van der Waals surface area contributed by atoms with Crippen LogP contribution in [0, 0.1) is 0 Å². The van der Waals surface area contributed by atoms with Crippen molar-refractivity contribution in [1.82, 2.24) is 0 Å². The number of unbranched alkanes of at least 4 members (excludes halogenated alkanes) is 2. The number of thioether (sulfide) groups is 1. The van der Waals surface area contributed by atoms with Crippen molar-refractivity contribution in [1.29, 1.82) is 0 Å². The van der Waals surface area contributed by atoms with Gasteiger partial charge in [-0.2, -0.15) is 11.8 Å². The fourth-order valence-corrected chi connectivity index (χ4v) is 1.26. The zero-order chi connectivity index (χ0) is 7.23. The fourth-order valence-electron chi connectivity index (χ4n) is 0.833. The third-order valence-electron chi connectivity index (χ3n) is 1.60. The van der Waals surface area contributed by atoms with Gasteiger partial charge in [-0.1, -0.05) is 19.8 Å². The van der Waals surface area contributed by atoms with Gasteiger partial charge in [0.2, 0.25) is 0 Å². The van der Waals surface area contributed by atoms with Crippen LogP contribution in [0.2, 0.25) is 0 Å². The van der Waals surface area contributed by atoms with E-state index in [1.165, 1.54) is 25.0 Å². The van der Waals surface area contributed by atoms with Crippen molar-refractivity contribution < 1.29 is 4.74 Å². The highest BCUT2D eigenvalue weighted by Gasteiger charge is 2.21. The maximum atomic E-state index is 5.44. The molecule has 0 aromatic carbocycles. The van der Waals surface area contributed by atoms with E-state index >= 15 is 0 Å². The lowest BCUT2D eigenvalue weighted by Gasteiger charge is -1.99. The molecular weight excluding hydrogens is 144 g/mol. The monoisotopic (exact) mass is 160 g/mol. The Morgan fingerprint density at radius 2 is 2.30 bits per heavy atom. The van der Waals surface area contributed by atoms with E-state index in [4.69, 9.17) is 4.74 Å². The minimum Gasteiger partial charge on any atom is -0.380 e. The summed E-state index contributed by atoms with van der Waals surface area (Å²) in [4.78, 5) is 0. The van der Waals surface area contributed by atoms with Gasteiger partial charge < -0.3 is 4.74 Å². The van der Waals surface area contributed by atoms with Gasteiger partial charge in [-0.15, -0.1) is 0 Å². The van der Waals surface area contributed by atoms with Crippen LogP contribution in [0.5, 0.6) is 0 Å². The molecular formula is C8H16OS. The lowest BCUT2D eigenvalue weighted by atomic mass is 10.3. The molecule has 1 saturated heterocycles. The van der Waals surface area contributed by atoms with Crippen molar-refractivity contribution in [2.24, 2.45) is 0 Å². The van der Waals surface area contributed by atoms with Crippen LogP contribution in [0.25, 0.3) is 0 Å². The largest absolute Gasteiger partial charge is 0.380 e. The zero-order valence-corrected chi connectivity index (χ0v) is 7.45. The molecule has 1 heterocycles. The Morgan fingerprint density at radius 1 is 1.50 bits per heavy atom. The molecule has 1 fully saturated rings. The normalized spacial score (nSPS) is 23.1. The molecule has 60 valence electrons. The Morgan fingerprint density at radius 3 is 2.90 bits per heavy atom. The summed E-state index contributed by atoms with van der Waals surface area (Å²) in [6.07, 6.45) is 3.85. The molecule has 1 rings (SSSR count). The summed E-state index contributed by atoms with van der Waals surface area (Å²) in [6.45, 7) is 4.19. The number of hydrogen-bond acceptors (Lipinski definition) is 2. The average Bonchev–Trinajstić information content (AvgIpc) is 2.71. The second-order valence-electron chi connectivity index (χ2n) is 2.74. The van der Waals surface area contributed by atoms with Crippen molar-refractivity contribution in [2.45, 2.75) is 31.4 Å². The Balaban J connectivity index is 1.68. The molecule has 0 N–H and O–H groups in total. The summed E-state index contributed by atoms with van der Waals surface area (Å²) in [5.74, 6) is 1.33. The van der Waals surface area contributed by atoms with Gasteiger partial charge in [0.1, 0.15) is 0 Å².